The molecule has 0 saturated carbocycles. The van der Waals surface area contributed by atoms with Gasteiger partial charge in [0.05, 0.1) is 6.17 Å². The second-order valence-electron chi connectivity index (χ2n) is 8.94. The molecular weight excluding hydrogens is 383 g/mol. The Morgan fingerprint density at radius 1 is 0.677 bits per heavy atom. The largest absolute Gasteiger partial charge is 0.248 e. The molecule has 1 atom stereocenters. The molecule has 0 aliphatic carbocycles. The second kappa shape index (κ2) is 15.9. The number of halogens is 1. The van der Waals surface area contributed by atoms with E-state index in [9.17, 15) is 4.39 Å². The van der Waals surface area contributed by atoms with Crippen molar-refractivity contribution in [3.05, 3.63) is 47.8 Å². The van der Waals surface area contributed by atoms with Crippen molar-refractivity contribution in [2.24, 2.45) is 0 Å². The molecule has 31 heavy (non-hydrogen) atoms. The van der Waals surface area contributed by atoms with Gasteiger partial charge in [0.2, 0.25) is 0 Å². The third kappa shape index (κ3) is 10.9. The topological polar surface area (TPSA) is 25.8 Å². The first-order valence-electron chi connectivity index (χ1n) is 12.8. The molecule has 3 heteroatoms. The predicted octanol–water partition coefficient (Wildman–Crippen LogP) is 8.68. The van der Waals surface area contributed by atoms with Gasteiger partial charge in [0, 0.05) is 18.0 Å². The number of aryl methyl sites for hydroxylation is 2. The molecule has 2 nitrogen and oxygen atoms in total. The molecule has 1 aromatic heterocycles. The van der Waals surface area contributed by atoms with Crippen LogP contribution in [-0.4, -0.2) is 16.1 Å². The molecule has 0 saturated heterocycles. The molecule has 1 heterocycles. The maximum atomic E-state index is 13.2. The Labute approximate surface area is 190 Å². The fraction of sp³-hybridized carbons (Fsp3) is 0.643. The van der Waals surface area contributed by atoms with E-state index in [1.165, 1.54) is 68.9 Å². The number of benzene rings is 1. The van der Waals surface area contributed by atoms with Crippen LogP contribution in [0.15, 0.2) is 36.7 Å². The lowest BCUT2D eigenvalue weighted by molar-refractivity contribution is 0.296. The van der Waals surface area contributed by atoms with Crippen LogP contribution in [0.1, 0.15) is 108 Å². The molecule has 0 bridgehead atoms. The summed E-state index contributed by atoms with van der Waals surface area (Å²) in [6, 6.07) is 8.70. The average molecular weight is 427 g/mol. The lowest BCUT2D eigenvalue weighted by Crippen LogP contribution is -1.96. The van der Waals surface area contributed by atoms with Gasteiger partial charge in [0.25, 0.3) is 0 Å². The van der Waals surface area contributed by atoms with Gasteiger partial charge in [0.1, 0.15) is 0 Å². The highest BCUT2D eigenvalue weighted by molar-refractivity contribution is 5.55. The fourth-order valence-corrected chi connectivity index (χ4v) is 3.99. The summed E-state index contributed by atoms with van der Waals surface area (Å²) >= 11 is 0. The summed E-state index contributed by atoms with van der Waals surface area (Å²) in [5.74, 6) is 0.816. The van der Waals surface area contributed by atoms with Gasteiger partial charge >= 0.3 is 0 Å². The van der Waals surface area contributed by atoms with E-state index in [0.717, 1.165) is 43.5 Å². The summed E-state index contributed by atoms with van der Waals surface area (Å²) in [6.45, 7) is 4.18. The van der Waals surface area contributed by atoms with Crippen LogP contribution in [0.3, 0.4) is 0 Å². The Hall–Kier alpha value is -1.77. The van der Waals surface area contributed by atoms with Crippen LogP contribution in [0.4, 0.5) is 4.39 Å². The van der Waals surface area contributed by atoms with Crippen molar-refractivity contribution in [1.29, 1.82) is 0 Å². The monoisotopic (exact) mass is 426 g/mol. The van der Waals surface area contributed by atoms with Crippen LogP contribution in [0, 0.1) is 0 Å². The minimum Gasteiger partial charge on any atom is -0.248 e. The van der Waals surface area contributed by atoms with E-state index < -0.39 is 6.17 Å². The molecule has 1 unspecified atom stereocenters. The lowest BCUT2D eigenvalue weighted by atomic mass is 10.0. The standard InChI is InChI=1S/C28H43FN2/c1-3-5-6-7-9-13-16-25-22-30-28(31-23-25)26-20-18-24(19-21-26)15-12-10-8-11-14-17-27(29)4-2/h18-23,27H,3-17H2,1-2H3. The molecule has 172 valence electrons. The van der Waals surface area contributed by atoms with Crippen LogP contribution in [0.2, 0.25) is 0 Å². The van der Waals surface area contributed by atoms with E-state index in [4.69, 9.17) is 0 Å². The summed E-state index contributed by atoms with van der Waals surface area (Å²) < 4.78 is 13.2. The van der Waals surface area contributed by atoms with Crippen molar-refractivity contribution in [3.8, 4) is 11.4 Å². The van der Waals surface area contributed by atoms with Crippen LogP contribution in [0.5, 0.6) is 0 Å². The van der Waals surface area contributed by atoms with Gasteiger partial charge < -0.3 is 0 Å². The van der Waals surface area contributed by atoms with Gasteiger partial charge in [-0.05, 0) is 49.7 Å². The molecule has 1 aromatic carbocycles. The molecule has 0 fully saturated rings. The minimum atomic E-state index is -0.598. The summed E-state index contributed by atoms with van der Waals surface area (Å²) in [7, 11) is 0. The lowest BCUT2D eigenvalue weighted by Gasteiger charge is -2.06. The van der Waals surface area contributed by atoms with E-state index in [1.807, 2.05) is 19.3 Å². The second-order valence-corrected chi connectivity index (χ2v) is 8.94. The van der Waals surface area contributed by atoms with Gasteiger partial charge in [-0.25, -0.2) is 14.4 Å². The average Bonchev–Trinajstić information content (AvgIpc) is 2.81. The summed E-state index contributed by atoms with van der Waals surface area (Å²) in [4.78, 5) is 9.18. The van der Waals surface area contributed by atoms with Crippen molar-refractivity contribution in [2.45, 2.75) is 116 Å². The molecule has 2 rings (SSSR count). The SMILES string of the molecule is CCCCCCCCc1cnc(-c2ccc(CCCCCCCC(F)CC)cc2)nc1. The van der Waals surface area contributed by atoms with Crippen molar-refractivity contribution in [3.63, 3.8) is 0 Å². The Morgan fingerprint density at radius 3 is 1.84 bits per heavy atom. The Balaban J connectivity index is 1.64. The number of hydrogen-bond donors (Lipinski definition) is 0. The number of hydrogen-bond acceptors (Lipinski definition) is 2. The first-order chi connectivity index (χ1) is 15.2. The Morgan fingerprint density at radius 2 is 1.23 bits per heavy atom. The first-order valence-corrected chi connectivity index (χ1v) is 12.8. The van der Waals surface area contributed by atoms with Gasteiger partial charge in [-0.2, -0.15) is 0 Å². The van der Waals surface area contributed by atoms with Crippen LogP contribution < -0.4 is 0 Å². The van der Waals surface area contributed by atoms with Gasteiger partial charge in [-0.1, -0.05) is 95.9 Å². The highest BCUT2D eigenvalue weighted by atomic mass is 19.1. The highest BCUT2D eigenvalue weighted by Crippen LogP contribution is 2.18. The zero-order valence-corrected chi connectivity index (χ0v) is 19.9. The summed E-state index contributed by atoms with van der Waals surface area (Å²) in [6.07, 6.45) is 20.7. The molecule has 0 aliphatic rings. The van der Waals surface area contributed by atoms with Crippen molar-refractivity contribution < 1.29 is 4.39 Å². The molecule has 0 amide bonds. The third-order valence-corrected chi connectivity index (χ3v) is 6.16. The minimum absolute atomic E-state index is 0.598. The van der Waals surface area contributed by atoms with Crippen LogP contribution >= 0.6 is 0 Å². The number of nitrogens with zero attached hydrogens (tertiary/aromatic N) is 2. The van der Waals surface area contributed by atoms with E-state index >= 15 is 0 Å². The molecule has 2 aromatic rings. The first kappa shape index (κ1) is 25.5. The van der Waals surface area contributed by atoms with Crippen LogP contribution in [-0.2, 0) is 12.8 Å². The number of aromatic nitrogens is 2. The Kier molecular flexibility index (Phi) is 13.1. The number of alkyl halides is 1. The van der Waals surface area contributed by atoms with Gasteiger partial charge in [0.15, 0.2) is 5.82 Å². The maximum Gasteiger partial charge on any atom is 0.159 e. The maximum absolute atomic E-state index is 13.2. The summed E-state index contributed by atoms with van der Waals surface area (Å²) in [5, 5.41) is 0. The van der Waals surface area contributed by atoms with Crippen molar-refractivity contribution >= 4 is 0 Å². The van der Waals surface area contributed by atoms with E-state index in [2.05, 4.69) is 41.2 Å². The van der Waals surface area contributed by atoms with Crippen molar-refractivity contribution in [1.82, 2.24) is 9.97 Å². The zero-order chi connectivity index (χ0) is 22.2. The smallest absolute Gasteiger partial charge is 0.159 e. The van der Waals surface area contributed by atoms with Gasteiger partial charge in [-0.15, -0.1) is 0 Å². The third-order valence-electron chi connectivity index (χ3n) is 6.16. The summed E-state index contributed by atoms with van der Waals surface area (Å²) in [5.41, 5.74) is 3.71. The fourth-order valence-electron chi connectivity index (χ4n) is 3.99. The molecule has 0 aliphatic heterocycles. The van der Waals surface area contributed by atoms with E-state index in [1.54, 1.807) is 0 Å². The van der Waals surface area contributed by atoms with E-state index in [0.29, 0.717) is 6.42 Å². The number of unbranched alkanes of at least 4 members (excludes halogenated alkanes) is 9. The van der Waals surface area contributed by atoms with Crippen LogP contribution in [0.25, 0.3) is 11.4 Å². The molecule has 0 radical (unpaired) electrons. The molecular formula is C28H43FN2. The molecule has 0 N–H and O–H groups in total. The molecule has 0 spiro atoms. The van der Waals surface area contributed by atoms with E-state index in [-0.39, 0.29) is 0 Å². The number of rotatable bonds is 17. The predicted molar refractivity (Wildman–Crippen MR) is 131 cm³/mol. The van der Waals surface area contributed by atoms with Crippen molar-refractivity contribution in [2.75, 3.05) is 0 Å². The van der Waals surface area contributed by atoms with Gasteiger partial charge in [-0.3, -0.25) is 0 Å². The Bertz CT molecular complexity index is 681. The highest BCUT2D eigenvalue weighted by Gasteiger charge is 2.04. The quantitative estimate of drug-likeness (QED) is 0.236. The zero-order valence-electron chi connectivity index (χ0n) is 19.9. The normalized spacial score (nSPS) is 12.2.